The number of para-hydroxylation sites is 2. The number of anilines is 1. The number of hydrogen-bond acceptors (Lipinski definition) is 7. The zero-order valence-corrected chi connectivity index (χ0v) is 18.1. The zero-order valence-electron chi connectivity index (χ0n) is 17.3. The van der Waals surface area contributed by atoms with Crippen molar-refractivity contribution in [1.82, 2.24) is 15.2 Å². The van der Waals surface area contributed by atoms with Gasteiger partial charge in [0.15, 0.2) is 5.69 Å². The van der Waals surface area contributed by atoms with Gasteiger partial charge in [-0.3, -0.25) is 0 Å². The maximum Gasteiger partial charge on any atom is 0.247 e. The average Bonchev–Trinajstić information content (AvgIpc) is 2.95. The lowest BCUT2D eigenvalue weighted by molar-refractivity contribution is 0.215. The molecule has 4 rings (SSSR count). The topological polar surface area (TPSA) is 69.2 Å². The highest BCUT2D eigenvalue weighted by molar-refractivity contribution is 7.98. The second kappa shape index (κ2) is 9.80. The summed E-state index contributed by atoms with van der Waals surface area (Å²) in [7, 11) is 0. The Hall–Kier alpha value is -2.80. The largest absolute Gasteiger partial charge is 0.493 e. The van der Waals surface area contributed by atoms with Gasteiger partial charge >= 0.3 is 0 Å². The maximum atomic E-state index is 6.34. The molecule has 1 aromatic heterocycles. The molecule has 0 amide bonds. The Morgan fingerprint density at radius 3 is 2.73 bits per heavy atom. The minimum absolute atomic E-state index is 0.453. The van der Waals surface area contributed by atoms with E-state index in [1.165, 1.54) is 31.0 Å². The van der Waals surface area contributed by atoms with Crippen molar-refractivity contribution in [3.8, 4) is 22.9 Å². The van der Waals surface area contributed by atoms with Crippen LogP contribution in [0.4, 0.5) is 5.69 Å². The van der Waals surface area contributed by atoms with Gasteiger partial charge in [-0.15, -0.1) is 10.2 Å². The molecule has 1 atom stereocenters. The summed E-state index contributed by atoms with van der Waals surface area (Å²) in [6.45, 7) is 2.90. The predicted octanol–water partition coefficient (Wildman–Crippen LogP) is 5.72. The molecule has 2 aromatic carbocycles. The molecule has 3 aromatic rings. The van der Waals surface area contributed by atoms with Crippen LogP contribution in [0.3, 0.4) is 0 Å². The second-order valence-corrected chi connectivity index (χ2v) is 7.86. The summed E-state index contributed by atoms with van der Waals surface area (Å²) in [5.74, 6) is 1.29. The summed E-state index contributed by atoms with van der Waals surface area (Å²) in [6, 6.07) is 16.0. The van der Waals surface area contributed by atoms with E-state index in [-0.39, 0.29) is 0 Å². The number of benzene rings is 2. The van der Waals surface area contributed by atoms with E-state index in [4.69, 9.17) is 9.47 Å². The molecule has 0 spiro atoms. The number of rotatable bonds is 8. The van der Waals surface area contributed by atoms with E-state index in [9.17, 15) is 0 Å². The quantitative estimate of drug-likeness (QED) is 0.367. The zero-order chi connectivity index (χ0) is 20.8. The van der Waals surface area contributed by atoms with Crippen LogP contribution in [0, 0.1) is 0 Å². The summed E-state index contributed by atoms with van der Waals surface area (Å²) in [5.41, 5.74) is 3.41. The fourth-order valence-electron chi connectivity index (χ4n) is 3.41. The van der Waals surface area contributed by atoms with Gasteiger partial charge in [0.05, 0.1) is 12.2 Å². The summed E-state index contributed by atoms with van der Waals surface area (Å²) < 4.78 is 12.5. The van der Waals surface area contributed by atoms with Crippen LogP contribution in [0.5, 0.6) is 11.6 Å². The smallest absolute Gasteiger partial charge is 0.247 e. The fraction of sp³-hybridized carbons (Fsp3) is 0.348. The Bertz CT molecular complexity index is 998. The third kappa shape index (κ3) is 4.51. The van der Waals surface area contributed by atoms with Crippen molar-refractivity contribution in [3.63, 3.8) is 0 Å². The Balaban J connectivity index is 1.66. The van der Waals surface area contributed by atoms with Crippen molar-refractivity contribution in [2.24, 2.45) is 0 Å². The Kier molecular flexibility index (Phi) is 6.69. The molecule has 2 heterocycles. The van der Waals surface area contributed by atoms with Gasteiger partial charge in [0, 0.05) is 11.3 Å². The van der Waals surface area contributed by atoms with Gasteiger partial charge in [-0.1, -0.05) is 68.3 Å². The summed E-state index contributed by atoms with van der Waals surface area (Å²) >= 11 is 1.44. The normalized spacial score (nSPS) is 14.7. The Morgan fingerprint density at radius 2 is 1.87 bits per heavy atom. The van der Waals surface area contributed by atoms with Crippen molar-refractivity contribution in [2.75, 3.05) is 18.2 Å². The molecule has 0 unspecified atom stereocenters. The van der Waals surface area contributed by atoms with Crippen LogP contribution < -0.4 is 14.8 Å². The van der Waals surface area contributed by atoms with E-state index >= 15 is 0 Å². The molecule has 1 aliphatic rings. The number of nitrogens with zero attached hydrogens (tertiary/aromatic N) is 3. The van der Waals surface area contributed by atoms with E-state index in [1.54, 1.807) is 0 Å². The minimum atomic E-state index is -0.453. The minimum Gasteiger partial charge on any atom is -0.493 e. The molecule has 0 saturated heterocycles. The van der Waals surface area contributed by atoms with Crippen LogP contribution in [-0.4, -0.2) is 28.0 Å². The van der Waals surface area contributed by atoms with Crippen LogP contribution in [0.25, 0.3) is 11.3 Å². The van der Waals surface area contributed by atoms with E-state index in [0.717, 1.165) is 29.0 Å². The van der Waals surface area contributed by atoms with Crippen LogP contribution in [0.2, 0.25) is 0 Å². The van der Waals surface area contributed by atoms with Gasteiger partial charge in [-0.2, -0.15) is 4.98 Å². The van der Waals surface area contributed by atoms with Gasteiger partial charge in [-0.05, 0) is 30.9 Å². The fourth-order valence-corrected chi connectivity index (χ4v) is 3.71. The Labute approximate surface area is 181 Å². The molecule has 7 heteroatoms. The van der Waals surface area contributed by atoms with Crippen molar-refractivity contribution >= 4 is 17.4 Å². The van der Waals surface area contributed by atoms with Crippen LogP contribution >= 0.6 is 11.8 Å². The van der Waals surface area contributed by atoms with Crippen LogP contribution in [0.1, 0.15) is 44.4 Å². The number of fused-ring (bicyclic) bond motifs is 3. The molecule has 1 aliphatic heterocycles. The number of unbranched alkanes of at least 4 members (excludes halogenated alkanes) is 3. The van der Waals surface area contributed by atoms with E-state index in [1.807, 2.05) is 54.8 Å². The summed E-state index contributed by atoms with van der Waals surface area (Å²) in [4.78, 5) is 4.58. The standard InChI is InChI=1S/C23H26N4O2S/c1-3-4-5-10-15-28-19-14-9-7-12-17(19)21-24-18-13-8-6-11-16(18)20-22(29-21)25-23(30-2)27-26-20/h6-9,11-14,21,24H,3-5,10,15H2,1-2H3/t21-/m0/s1. The first-order valence-corrected chi connectivity index (χ1v) is 11.6. The molecule has 0 saturated carbocycles. The second-order valence-electron chi connectivity index (χ2n) is 7.09. The molecule has 0 radical (unpaired) electrons. The highest BCUT2D eigenvalue weighted by Gasteiger charge is 2.27. The number of hydrogen-bond donors (Lipinski definition) is 1. The third-order valence-corrected chi connectivity index (χ3v) is 5.51. The van der Waals surface area contributed by atoms with Crippen molar-refractivity contribution in [3.05, 3.63) is 54.1 Å². The van der Waals surface area contributed by atoms with Crippen LogP contribution in [-0.2, 0) is 0 Å². The Morgan fingerprint density at radius 1 is 1.03 bits per heavy atom. The van der Waals surface area contributed by atoms with Crippen LogP contribution in [0.15, 0.2) is 53.7 Å². The van der Waals surface area contributed by atoms with Gasteiger partial charge < -0.3 is 14.8 Å². The number of aromatic nitrogens is 3. The van der Waals surface area contributed by atoms with Gasteiger partial charge in [0.1, 0.15) is 5.75 Å². The highest BCUT2D eigenvalue weighted by atomic mass is 32.2. The number of ether oxygens (including phenoxy) is 2. The first-order valence-electron chi connectivity index (χ1n) is 10.3. The average molecular weight is 423 g/mol. The lowest BCUT2D eigenvalue weighted by Crippen LogP contribution is -2.18. The lowest BCUT2D eigenvalue weighted by Gasteiger charge is -2.22. The molecule has 1 N–H and O–H groups in total. The first kappa shape index (κ1) is 20.5. The van der Waals surface area contributed by atoms with Crippen molar-refractivity contribution in [2.45, 2.75) is 44.0 Å². The summed E-state index contributed by atoms with van der Waals surface area (Å²) in [5, 5.41) is 12.7. The number of nitrogens with one attached hydrogen (secondary N) is 1. The van der Waals surface area contributed by atoms with Crippen molar-refractivity contribution < 1.29 is 9.47 Å². The molecule has 30 heavy (non-hydrogen) atoms. The summed E-state index contributed by atoms with van der Waals surface area (Å²) in [6.07, 6.45) is 6.13. The third-order valence-electron chi connectivity index (χ3n) is 4.97. The van der Waals surface area contributed by atoms with E-state index in [0.29, 0.717) is 23.3 Å². The van der Waals surface area contributed by atoms with Crippen molar-refractivity contribution in [1.29, 1.82) is 0 Å². The maximum absolute atomic E-state index is 6.34. The molecular weight excluding hydrogens is 396 g/mol. The molecule has 0 aliphatic carbocycles. The highest BCUT2D eigenvalue weighted by Crippen LogP contribution is 2.40. The predicted molar refractivity (Wildman–Crippen MR) is 120 cm³/mol. The molecule has 6 nitrogen and oxygen atoms in total. The molecule has 0 fully saturated rings. The SMILES string of the molecule is CCCCCCOc1ccccc1[C@H]1Nc2ccccc2-c2nnc(SC)nc2O1. The number of thioether (sulfide) groups is 1. The lowest BCUT2D eigenvalue weighted by atomic mass is 10.1. The van der Waals surface area contributed by atoms with E-state index < -0.39 is 6.23 Å². The molecule has 156 valence electrons. The van der Waals surface area contributed by atoms with Gasteiger partial charge in [-0.25, -0.2) is 0 Å². The van der Waals surface area contributed by atoms with Gasteiger partial charge in [0.2, 0.25) is 17.3 Å². The van der Waals surface area contributed by atoms with Gasteiger partial charge in [0.25, 0.3) is 0 Å². The first-order chi connectivity index (χ1) is 14.8. The monoisotopic (exact) mass is 422 g/mol. The van der Waals surface area contributed by atoms with E-state index in [2.05, 4.69) is 27.4 Å². The molecular formula is C23H26N4O2S. The molecule has 0 bridgehead atoms.